The van der Waals surface area contributed by atoms with E-state index in [1.165, 1.54) is 108 Å². The molecule has 0 bridgehead atoms. The summed E-state index contributed by atoms with van der Waals surface area (Å²) in [7, 11) is 0. The van der Waals surface area contributed by atoms with Gasteiger partial charge in [0.1, 0.15) is 5.75 Å². The first-order valence-corrected chi connectivity index (χ1v) is 18.2. The van der Waals surface area contributed by atoms with Crippen molar-refractivity contribution in [2.75, 3.05) is 11.9 Å². The highest BCUT2D eigenvalue weighted by Crippen LogP contribution is 2.24. The van der Waals surface area contributed by atoms with Gasteiger partial charge in [0, 0.05) is 11.1 Å². The average Bonchev–Trinajstić information content (AvgIpc) is 3.07. The maximum atomic E-state index is 13.3. The van der Waals surface area contributed by atoms with E-state index in [-0.39, 0.29) is 22.6 Å². The van der Waals surface area contributed by atoms with Gasteiger partial charge in [-0.3, -0.25) is 9.59 Å². The van der Waals surface area contributed by atoms with Gasteiger partial charge in [0.05, 0.1) is 23.3 Å². The molecule has 1 unspecified atom stereocenters. The van der Waals surface area contributed by atoms with E-state index in [2.05, 4.69) is 12.2 Å². The van der Waals surface area contributed by atoms with E-state index in [1.54, 1.807) is 20.8 Å². The standard InChI is InChI=1S/C40H57NO9/c1-5-6-7-8-9-10-11-12-13-14-15-16-17-18-19-20-25-49-39(48)29-21-23-33(24-22-29)50-34(35(42)40(2,3)4)36(43)41-32-27-30(37(44)45)26-31(28-32)38(46)47/h21-24,26-28,34H,5-20,25H2,1-4H3,(H,41,43)(H,44,45)(H,46,47). The number of hydrogen-bond donors (Lipinski definition) is 3. The van der Waals surface area contributed by atoms with Crippen LogP contribution in [-0.2, 0) is 14.3 Å². The highest BCUT2D eigenvalue weighted by molar-refractivity contribution is 6.12. The first-order chi connectivity index (χ1) is 23.8. The van der Waals surface area contributed by atoms with Gasteiger partial charge in [-0.15, -0.1) is 0 Å². The molecule has 0 aliphatic carbocycles. The number of carbonyl (C=O) groups excluding carboxylic acids is 3. The normalized spacial score (nSPS) is 11.8. The van der Waals surface area contributed by atoms with Crippen LogP contribution < -0.4 is 10.1 Å². The first kappa shape index (κ1) is 42.0. The zero-order chi connectivity index (χ0) is 36.9. The van der Waals surface area contributed by atoms with Gasteiger partial charge >= 0.3 is 17.9 Å². The minimum Gasteiger partial charge on any atom is -0.478 e. The zero-order valence-electron chi connectivity index (χ0n) is 30.4. The molecule has 1 atom stereocenters. The molecule has 0 aliphatic heterocycles. The first-order valence-electron chi connectivity index (χ1n) is 18.2. The summed E-state index contributed by atoms with van der Waals surface area (Å²) >= 11 is 0. The number of nitrogens with one attached hydrogen (secondary N) is 1. The molecule has 0 spiro atoms. The number of benzene rings is 2. The van der Waals surface area contributed by atoms with E-state index in [4.69, 9.17) is 9.47 Å². The molecular weight excluding hydrogens is 638 g/mol. The number of ether oxygens (including phenoxy) is 2. The summed E-state index contributed by atoms with van der Waals surface area (Å²) in [5.74, 6) is -4.58. The number of unbranched alkanes of at least 4 members (excludes halogenated alkanes) is 15. The van der Waals surface area contributed by atoms with Crippen LogP contribution in [0.25, 0.3) is 0 Å². The minimum absolute atomic E-state index is 0.120. The summed E-state index contributed by atoms with van der Waals surface area (Å²) in [5.41, 5.74) is -1.52. The molecular formula is C40H57NO9. The maximum Gasteiger partial charge on any atom is 0.338 e. The highest BCUT2D eigenvalue weighted by Gasteiger charge is 2.37. The number of esters is 1. The monoisotopic (exact) mass is 695 g/mol. The Bertz CT molecular complexity index is 1350. The predicted octanol–water partition coefficient (Wildman–Crippen LogP) is 9.50. The van der Waals surface area contributed by atoms with Crippen LogP contribution in [0.1, 0.15) is 162 Å². The lowest BCUT2D eigenvalue weighted by Crippen LogP contribution is -2.45. The van der Waals surface area contributed by atoms with Crippen molar-refractivity contribution >= 4 is 35.3 Å². The number of carboxylic acid groups (broad SMARTS) is 2. The van der Waals surface area contributed by atoms with E-state index in [0.29, 0.717) is 12.2 Å². The van der Waals surface area contributed by atoms with Crippen molar-refractivity contribution in [2.24, 2.45) is 5.41 Å². The molecule has 2 aromatic carbocycles. The van der Waals surface area contributed by atoms with E-state index in [0.717, 1.165) is 37.5 Å². The van der Waals surface area contributed by atoms with Gasteiger partial charge in [-0.1, -0.05) is 124 Å². The van der Waals surface area contributed by atoms with Crippen molar-refractivity contribution in [3.8, 4) is 5.75 Å². The number of carboxylic acids is 2. The molecule has 0 aliphatic rings. The minimum atomic E-state index is -1.65. The van der Waals surface area contributed by atoms with Crippen molar-refractivity contribution in [1.29, 1.82) is 0 Å². The lowest BCUT2D eigenvalue weighted by atomic mass is 9.87. The molecule has 10 heteroatoms. The van der Waals surface area contributed by atoms with E-state index < -0.39 is 41.1 Å². The number of hydrogen-bond acceptors (Lipinski definition) is 7. The Kier molecular flexibility index (Phi) is 18.9. The molecule has 0 heterocycles. The largest absolute Gasteiger partial charge is 0.478 e. The number of carbonyl (C=O) groups is 5. The molecule has 276 valence electrons. The van der Waals surface area contributed by atoms with Crippen LogP contribution in [0, 0.1) is 5.41 Å². The average molecular weight is 696 g/mol. The summed E-state index contributed by atoms with van der Waals surface area (Å²) < 4.78 is 11.2. The zero-order valence-corrected chi connectivity index (χ0v) is 30.4. The third kappa shape index (κ3) is 16.0. The lowest BCUT2D eigenvalue weighted by Gasteiger charge is -2.25. The molecule has 0 saturated carbocycles. The van der Waals surface area contributed by atoms with Crippen molar-refractivity contribution < 1.29 is 43.7 Å². The summed E-state index contributed by atoms with van der Waals surface area (Å²) in [4.78, 5) is 62.0. The van der Waals surface area contributed by atoms with Crippen molar-refractivity contribution in [2.45, 2.75) is 137 Å². The highest BCUT2D eigenvalue weighted by atomic mass is 16.5. The second kappa shape index (κ2) is 22.5. The van der Waals surface area contributed by atoms with Gasteiger partial charge in [0.25, 0.3) is 5.91 Å². The Morgan fingerprint density at radius 3 is 1.50 bits per heavy atom. The fourth-order valence-electron chi connectivity index (χ4n) is 5.48. The SMILES string of the molecule is CCCCCCCCCCCCCCCCCCOC(=O)c1ccc(OC(C(=O)Nc2cc(C(=O)O)cc(C(=O)O)c2)C(=O)C(C)(C)C)cc1. The molecule has 50 heavy (non-hydrogen) atoms. The van der Waals surface area contributed by atoms with Crippen molar-refractivity contribution in [1.82, 2.24) is 0 Å². The molecule has 2 rings (SSSR count). The quantitative estimate of drug-likeness (QED) is 0.0523. The number of aromatic carboxylic acids is 2. The van der Waals surface area contributed by atoms with E-state index >= 15 is 0 Å². The van der Waals surface area contributed by atoms with Crippen molar-refractivity contribution in [3.63, 3.8) is 0 Å². The molecule has 0 aromatic heterocycles. The molecule has 0 saturated heterocycles. The molecule has 2 aromatic rings. The third-order valence-corrected chi connectivity index (χ3v) is 8.48. The molecule has 3 N–H and O–H groups in total. The van der Waals surface area contributed by atoms with Gasteiger partial charge < -0.3 is 25.0 Å². The van der Waals surface area contributed by atoms with Crippen LogP contribution in [0.2, 0.25) is 0 Å². The van der Waals surface area contributed by atoms with Gasteiger partial charge in [-0.25, -0.2) is 14.4 Å². The van der Waals surface area contributed by atoms with E-state index in [9.17, 15) is 34.2 Å². The van der Waals surface area contributed by atoms with Gasteiger partial charge in [0.15, 0.2) is 5.78 Å². The van der Waals surface area contributed by atoms with Crippen LogP contribution in [0.15, 0.2) is 42.5 Å². The molecule has 1 amide bonds. The molecule has 10 nitrogen and oxygen atoms in total. The molecule has 0 fully saturated rings. The van der Waals surface area contributed by atoms with Gasteiger partial charge in [-0.2, -0.15) is 0 Å². The Labute approximate surface area is 297 Å². The third-order valence-electron chi connectivity index (χ3n) is 8.48. The predicted molar refractivity (Wildman–Crippen MR) is 194 cm³/mol. The fraction of sp³-hybridized carbons (Fsp3) is 0.575. The Morgan fingerprint density at radius 2 is 1.08 bits per heavy atom. The van der Waals surface area contributed by atoms with Crippen LogP contribution in [0.4, 0.5) is 5.69 Å². The van der Waals surface area contributed by atoms with Crippen LogP contribution >= 0.6 is 0 Å². The smallest absolute Gasteiger partial charge is 0.338 e. The maximum absolute atomic E-state index is 13.3. The second-order valence-corrected chi connectivity index (χ2v) is 14.0. The molecule has 0 radical (unpaired) electrons. The van der Waals surface area contributed by atoms with E-state index in [1.807, 2.05) is 0 Å². The van der Waals surface area contributed by atoms with Crippen LogP contribution in [-0.4, -0.2) is 52.5 Å². The number of Topliss-reactive ketones (excluding diaryl/α,β-unsaturated/α-hetero) is 1. The number of rotatable bonds is 25. The van der Waals surface area contributed by atoms with Crippen LogP contribution in [0.3, 0.4) is 0 Å². The number of ketones is 1. The summed E-state index contributed by atoms with van der Waals surface area (Å²) in [6.07, 6.45) is 18.6. The fourth-order valence-corrected chi connectivity index (χ4v) is 5.48. The summed E-state index contributed by atoms with van der Waals surface area (Å²) in [6.45, 7) is 7.43. The topological polar surface area (TPSA) is 156 Å². The van der Waals surface area contributed by atoms with Crippen LogP contribution in [0.5, 0.6) is 5.75 Å². The summed E-state index contributed by atoms with van der Waals surface area (Å²) in [6, 6.07) is 9.01. The summed E-state index contributed by atoms with van der Waals surface area (Å²) in [5, 5.41) is 21.1. The second-order valence-electron chi connectivity index (χ2n) is 14.0. The number of anilines is 1. The van der Waals surface area contributed by atoms with Gasteiger partial charge in [-0.05, 0) is 48.9 Å². The van der Waals surface area contributed by atoms with Gasteiger partial charge in [0.2, 0.25) is 6.10 Å². The Balaban J connectivity index is 1.77. The lowest BCUT2D eigenvalue weighted by molar-refractivity contribution is -0.140. The van der Waals surface area contributed by atoms with Crippen molar-refractivity contribution in [3.05, 3.63) is 59.2 Å². The Hall–Kier alpha value is -4.21. The Morgan fingerprint density at radius 1 is 0.640 bits per heavy atom. The number of amides is 1.